The first-order chi connectivity index (χ1) is 15.6. The van der Waals surface area contributed by atoms with Gasteiger partial charge in [0, 0.05) is 37.6 Å². The van der Waals surface area contributed by atoms with E-state index in [2.05, 4.69) is 32.6 Å². The number of hydrogen-bond donors (Lipinski definition) is 2. The topological polar surface area (TPSA) is 64.7 Å². The molecule has 1 aliphatic heterocycles. The molecule has 4 rings (SSSR count). The number of aryl methyl sites for hydroxylation is 1. The fraction of sp³-hybridized carbons (Fsp3) is 0.231. The van der Waals surface area contributed by atoms with E-state index in [4.69, 9.17) is 0 Å². The zero-order chi connectivity index (χ0) is 22.3. The van der Waals surface area contributed by atoms with E-state index < -0.39 is 0 Å². The Hall–Kier alpha value is -3.64. The maximum absolute atomic E-state index is 12.8. The number of rotatable bonds is 6. The Balaban J connectivity index is 1.33. The second kappa shape index (κ2) is 10.1. The monoisotopic (exact) mass is 428 g/mol. The summed E-state index contributed by atoms with van der Waals surface area (Å²) >= 11 is 0. The van der Waals surface area contributed by atoms with Crippen molar-refractivity contribution in [3.05, 3.63) is 90.0 Å². The highest BCUT2D eigenvalue weighted by molar-refractivity contribution is 6.10. The Morgan fingerprint density at radius 3 is 2.28 bits per heavy atom. The molecule has 0 aromatic heterocycles. The standard InChI is InChI=1S/C26H28N4O2/c1-20-8-7-9-21(18-20)27-26(32)23-12-5-6-13-24(23)28-25(31)19-29-14-16-30(17-15-29)22-10-3-2-4-11-22/h2-13,18H,14-17,19H2,1H3,(H,27,32)(H,28,31). The number of nitrogens with zero attached hydrogens (tertiary/aromatic N) is 2. The van der Waals surface area contributed by atoms with Gasteiger partial charge in [-0.3, -0.25) is 14.5 Å². The van der Waals surface area contributed by atoms with Gasteiger partial charge in [-0.05, 0) is 48.9 Å². The molecular weight excluding hydrogens is 400 g/mol. The van der Waals surface area contributed by atoms with Gasteiger partial charge in [0.2, 0.25) is 5.91 Å². The van der Waals surface area contributed by atoms with Gasteiger partial charge in [-0.15, -0.1) is 0 Å². The predicted molar refractivity (Wildman–Crippen MR) is 129 cm³/mol. The average molecular weight is 429 g/mol. The van der Waals surface area contributed by atoms with Crippen LogP contribution in [0.5, 0.6) is 0 Å². The van der Waals surface area contributed by atoms with Crippen molar-refractivity contribution in [1.29, 1.82) is 0 Å². The van der Waals surface area contributed by atoms with Crippen LogP contribution in [0.25, 0.3) is 0 Å². The molecule has 0 atom stereocenters. The zero-order valence-electron chi connectivity index (χ0n) is 18.3. The Morgan fingerprint density at radius 2 is 1.53 bits per heavy atom. The second-order valence-electron chi connectivity index (χ2n) is 8.02. The lowest BCUT2D eigenvalue weighted by atomic mass is 10.1. The van der Waals surface area contributed by atoms with Crippen molar-refractivity contribution >= 4 is 28.9 Å². The SMILES string of the molecule is Cc1cccc(NC(=O)c2ccccc2NC(=O)CN2CCN(c3ccccc3)CC2)c1. The number of nitrogens with one attached hydrogen (secondary N) is 2. The number of hydrogen-bond acceptors (Lipinski definition) is 4. The third kappa shape index (κ3) is 5.53. The number of piperazine rings is 1. The molecule has 1 fully saturated rings. The number of para-hydroxylation sites is 2. The maximum Gasteiger partial charge on any atom is 0.257 e. The summed E-state index contributed by atoms with van der Waals surface area (Å²) in [6.45, 7) is 5.68. The van der Waals surface area contributed by atoms with Gasteiger partial charge in [-0.2, -0.15) is 0 Å². The predicted octanol–water partition coefficient (Wildman–Crippen LogP) is 4.01. The van der Waals surface area contributed by atoms with Gasteiger partial charge in [0.05, 0.1) is 17.8 Å². The van der Waals surface area contributed by atoms with E-state index >= 15 is 0 Å². The Morgan fingerprint density at radius 1 is 0.812 bits per heavy atom. The highest BCUT2D eigenvalue weighted by atomic mass is 16.2. The van der Waals surface area contributed by atoms with Gasteiger partial charge < -0.3 is 15.5 Å². The Bertz CT molecular complexity index is 1080. The summed E-state index contributed by atoms with van der Waals surface area (Å²) in [4.78, 5) is 30.0. The summed E-state index contributed by atoms with van der Waals surface area (Å²) in [5.41, 5.74) is 3.97. The van der Waals surface area contributed by atoms with Crippen molar-refractivity contribution in [2.24, 2.45) is 0 Å². The van der Waals surface area contributed by atoms with Crippen molar-refractivity contribution in [2.45, 2.75) is 6.92 Å². The summed E-state index contributed by atoms with van der Waals surface area (Å²) in [7, 11) is 0. The highest BCUT2D eigenvalue weighted by Gasteiger charge is 2.20. The first-order valence-electron chi connectivity index (χ1n) is 10.9. The molecule has 2 amide bonds. The lowest BCUT2D eigenvalue weighted by Crippen LogP contribution is -2.48. The van der Waals surface area contributed by atoms with Crippen LogP contribution >= 0.6 is 0 Å². The highest BCUT2D eigenvalue weighted by Crippen LogP contribution is 2.19. The zero-order valence-corrected chi connectivity index (χ0v) is 18.3. The van der Waals surface area contributed by atoms with Crippen molar-refractivity contribution in [2.75, 3.05) is 48.3 Å². The number of carbonyl (C=O) groups excluding carboxylic acids is 2. The first-order valence-corrected chi connectivity index (χ1v) is 10.9. The van der Waals surface area contributed by atoms with Crippen molar-refractivity contribution in [1.82, 2.24) is 4.90 Å². The largest absolute Gasteiger partial charge is 0.369 e. The molecule has 1 aliphatic rings. The van der Waals surface area contributed by atoms with Gasteiger partial charge in [-0.1, -0.05) is 42.5 Å². The molecule has 6 heteroatoms. The van der Waals surface area contributed by atoms with Crippen LogP contribution in [0.2, 0.25) is 0 Å². The van der Waals surface area contributed by atoms with E-state index in [0.717, 1.165) is 37.4 Å². The summed E-state index contributed by atoms with van der Waals surface area (Å²) in [5.74, 6) is -0.364. The lowest BCUT2D eigenvalue weighted by molar-refractivity contribution is -0.117. The third-order valence-electron chi connectivity index (χ3n) is 5.58. The molecular formula is C26H28N4O2. The molecule has 32 heavy (non-hydrogen) atoms. The van der Waals surface area contributed by atoms with Crippen LogP contribution < -0.4 is 15.5 Å². The number of amides is 2. The van der Waals surface area contributed by atoms with Crippen molar-refractivity contribution < 1.29 is 9.59 Å². The molecule has 3 aromatic carbocycles. The molecule has 1 saturated heterocycles. The number of benzene rings is 3. The Kier molecular flexibility index (Phi) is 6.82. The van der Waals surface area contributed by atoms with Crippen LogP contribution in [0.15, 0.2) is 78.9 Å². The average Bonchev–Trinajstić information content (AvgIpc) is 2.80. The smallest absolute Gasteiger partial charge is 0.257 e. The van der Waals surface area contributed by atoms with E-state index in [-0.39, 0.29) is 11.8 Å². The molecule has 0 radical (unpaired) electrons. The molecule has 2 N–H and O–H groups in total. The Labute approximate surface area is 188 Å². The van der Waals surface area contributed by atoms with Gasteiger partial charge in [-0.25, -0.2) is 0 Å². The summed E-state index contributed by atoms with van der Waals surface area (Å²) in [6.07, 6.45) is 0. The van der Waals surface area contributed by atoms with Gasteiger partial charge in [0.15, 0.2) is 0 Å². The van der Waals surface area contributed by atoms with E-state index in [1.165, 1.54) is 5.69 Å². The molecule has 0 saturated carbocycles. The number of carbonyl (C=O) groups is 2. The molecule has 0 unspecified atom stereocenters. The molecule has 3 aromatic rings. The van der Waals surface area contributed by atoms with Crippen LogP contribution in [-0.4, -0.2) is 49.4 Å². The van der Waals surface area contributed by atoms with E-state index in [1.807, 2.05) is 55.5 Å². The van der Waals surface area contributed by atoms with Gasteiger partial charge >= 0.3 is 0 Å². The van der Waals surface area contributed by atoms with Gasteiger partial charge in [0.1, 0.15) is 0 Å². The van der Waals surface area contributed by atoms with Crippen LogP contribution in [0.4, 0.5) is 17.1 Å². The molecule has 0 aliphatic carbocycles. The number of anilines is 3. The fourth-order valence-corrected chi connectivity index (χ4v) is 3.91. The minimum atomic E-state index is -0.247. The van der Waals surface area contributed by atoms with Gasteiger partial charge in [0.25, 0.3) is 5.91 Å². The summed E-state index contributed by atoms with van der Waals surface area (Å²) < 4.78 is 0. The summed E-state index contributed by atoms with van der Waals surface area (Å²) in [5, 5.41) is 5.83. The molecule has 0 bridgehead atoms. The van der Waals surface area contributed by atoms with Crippen molar-refractivity contribution in [3.8, 4) is 0 Å². The van der Waals surface area contributed by atoms with E-state index in [1.54, 1.807) is 18.2 Å². The van der Waals surface area contributed by atoms with E-state index in [0.29, 0.717) is 17.8 Å². The minimum absolute atomic E-state index is 0.117. The maximum atomic E-state index is 12.8. The molecule has 0 spiro atoms. The lowest BCUT2D eigenvalue weighted by Gasteiger charge is -2.35. The molecule has 6 nitrogen and oxygen atoms in total. The van der Waals surface area contributed by atoms with Crippen LogP contribution in [-0.2, 0) is 4.79 Å². The fourth-order valence-electron chi connectivity index (χ4n) is 3.91. The molecule has 164 valence electrons. The third-order valence-corrected chi connectivity index (χ3v) is 5.58. The van der Waals surface area contributed by atoms with Crippen molar-refractivity contribution in [3.63, 3.8) is 0 Å². The minimum Gasteiger partial charge on any atom is -0.369 e. The normalized spacial score (nSPS) is 14.1. The van der Waals surface area contributed by atoms with Crippen LogP contribution in [0, 0.1) is 6.92 Å². The second-order valence-corrected chi connectivity index (χ2v) is 8.02. The molecule has 1 heterocycles. The van der Waals surface area contributed by atoms with Crippen LogP contribution in [0.1, 0.15) is 15.9 Å². The quantitative estimate of drug-likeness (QED) is 0.623. The first kappa shape index (κ1) is 21.6. The summed E-state index contributed by atoms with van der Waals surface area (Å²) in [6, 6.07) is 25.1. The van der Waals surface area contributed by atoms with E-state index in [9.17, 15) is 9.59 Å². The van der Waals surface area contributed by atoms with Crippen LogP contribution in [0.3, 0.4) is 0 Å².